The fraction of sp³-hybridized carbons (Fsp3) is 0.214. The summed E-state index contributed by atoms with van der Waals surface area (Å²) in [5, 5.41) is 0.972. The summed E-state index contributed by atoms with van der Waals surface area (Å²) in [6.45, 7) is 10.1. The second kappa shape index (κ2) is 8.99. The van der Waals surface area contributed by atoms with Gasteiger partial charge in [0.15, 0.2) is 0 Å². The number of carbonyl (C=O) groups is 1. The van der Waals surface area contributed by atoms with Crippen molar-refractivity contribution >= 4 is 28.5 Å². The van der Waals surface area contributed by atoms with E-state index in [1.165, 1.54) is 12.3 Å². The Kier molecular flexibility index (Phi) is 6.24. The van der Waals surface area contributed by atoms with Gasteiger partial charge in [0.05, 0.1) is 10.9 Å². The number of esters is 1. The molecule has 0 spiro atoms. The van der Waals surface area contributed by atoms with E-state index in [1.807, 2.05) is 26.0 Å². The first kappa shape index (κ1) is 23.6. The molecule has 4 aromatic rings. The SMILES string of the molecule is Cc1cc(Oc2coc3cc(OC(=O)c4ccc(C(C)(C)C)cc4)ccc3c2=O)cc(C)c1Cl. The average Bonchev–Trinajstić information content (AvgIpc) is 2.79. The van der Waals surface area contributed by atoms with Crippen LogP contribution in [-0.4, -0.2) is 5.97 Å². The number of rotatable bonds is 4. The molecular formula is C28H25ClO5. The zero-order valence-electron chi connectivity index (χ0n) is 19.7. The van der Waals surface area contributed by atoms with Crippen LogP contribution in [0, 0.1) is 13.8 Å². The van der Waals surface area contributed by atoms with Gasteiger partial charge in [0.25, 0.3) is 0 Å². The molecule has 0 aliphatic carbocycles. The molecule has 0 atom stereocenters. The second-order valence-corrected chi connectivity index (χ2v) is 9.65. The maximum absolute atomic E-state index is 12.9. The van der Waals surface area contributed by atoms with Crippen LogP contribution in [0.2, 0.25) is 5.02 Å². The highest BCUT2D eigenvalue weighted by Crippen LogP contribution is 2.29. The molecule has 34 heavy (non-hydrogen) atoms. The van der Waals surface area contributed by atoms with Crippen LogP contribution in [0.15, 0.2) is 70.1 Å². The van der Waals surface area contributed by atoms with Gasteiger partial charge in [0, 0.05) is 11.1 Å². The number of fused-ring (bicyclic) bond motifs is 1. The molecule has 1 aromatic heterocycles. The Hall–Kier alpha value is -3.57. The van der Waals surface area contributed by atoms with E-state index in [1.54, 1.807) is 36.4 Å². The van der Waals surface area contributed by atoms with E-state index in [9.17, 15) is 9.59 Å². The zero-order chi connectivity index (χ0) is 24.6. The van der Waals surface area contributed by atoms with Gasteiger partial charge in [-0.15, -0.1) is 0 Å². The Balaban J connectivity index is 1.56. The molecule has 174 valence electrons. The van der Waals surface area contributed by atoms with Crippen LogP contribution in [-0.2, 0) is 5.41 Å². The summed E-state index contributed by atoms with van der Waals surface area (Å²) in [6.07, 6.45) is 1.25. The topological polar surface area (TPSA) is 65.7 Å². The Morgan fingerprint density at radius 2 is 1.56 bits per heavy atom. The minimum atomic E-state index is -0.490. The Morgan fingerprint density at radius 1 is 0.912 bits per heavy atom. The highest BCUT2D eigenvalue weighted by Gasteiger charge is 2.16. The fourth-order valence-electron chi connectivity index (χ4n) is 3.59. The van der Waals surface area contributed by atoms with Crippen molar-refractivity contribution in [2.45, 2.75) is 40.0 Å². The Morgan fingerprint density at radius 3 is 2.18 bits per heavy atom. The lowest BCUT2D eigenvalue weighted by molar-refractivity contribution is 0.0735. The Labute approximate surface area is 202 Å². The molecule has 1 heterocycles. The summed E-state index contributed by atoms with van der Waals surface area (Å²) in [7, 11) is 0. The smallest absolute Gasteiger partial charge is 0.343 e. The normalized spacial score (nSPS) is 11.5. The van der Waals surface area contributed by atoms with Gasteiger partial charge in [0.1, 0.15) is 23.3 Å². The fourth-order valence-corrected chi connectivity index (χ4v) is 3.70. The van der Waals surface area contributed by atoms with Crippen molar-refractivity contribution in [3.05, 3.63) is 98.4 Å². The molecule has 0 fully saturated rings. The predicted molar refractivity (Wildman–Crippen MR) is 134 cm³/mol. The van der Waals surface area contributed by atoms with Crippen LogP contribution >= 0.6 is 11.6 Å². The number of halogens is 1. The third-order valence-electron chi connectivity index (χ3n) is 5.55. The number of benzene rings is 3. The van der Waals surface area contributed by atoms with Gasteiger partial charge in [-0.2, -0.15) is 0 Å². The summed E-state index contributed by atoms with van der Waals surface area (Å²) < 4.78 is 16.9. The van der Waals surface area contributed by atoms with Crippen molar-refractivity contribution < 1.29 is 18.7 Å². The first-order chi connectivity index (χ1) is 16.0. The van der Waals surface area contributed by atoms with Crippen molar-refractivity contribution in [2.75, 3.05) is 0 Å². The minimum absolute atomic E-state index is 0.00783. The lowest BCUT2D eigenvalue weighted by Crippen LogP contribution is -2.13. The largest absolute Gasteiger partial charge is 0.460 e. The van der Waals surface area contributed by atoms with Gasteiger partial charge >= 0.3 is 5.97 Å². The van der Waals surface area contributed by atoms with Gasteiger partial charge in [0.2, 0.25) is 11.2 Å². The maximum atomic E-state index is 12.9. The number of ether oxygens (including phenoxy) is 2. The average molecular weight is 477 g/mol. The number of hydrogen-bond acceptors (Lipinski definition) is 5. The van der Waals surface area contributed by atoms with Gasteiger partial charge < -0.3 is 13.9 Å². The molecule has 0 amide bonds. The van der Waals surface area contributed by atoms with Gasteiger partial charge in [-0.1, -0.05) is 44.5 Å². The lowest BCUT2D eigenvalue weighted by Gasteiger charge is -2.18. The number of aryl methyl sites for hydroxylation is 2. The van der Waals surface area contributed by atoms with E-state index >= 15 is 0 Å². The first-order valence-corrected chi connectivity index (χ1v) is 11.2. The van der Waals surface area contributed by atoms with Crippen molar-refractivity contribution in [3.63, 3.8) is 0 Å². The molecule has 0 saturated carbocycles. The maximum Gasteiger partial charge on any atom is 0.343 e. The molecule has 0 N–H and O–H groups in total. The van der Waals surface area contributed by atoms with Gasteiger partial charge in [-0.05, 0) is 72.4 Å². The molecule has 5 nitrogen and oxygen atoms in total. The number of hydrogen-bond donors (Lipinski definition) is 0. The van der Waals surface area contributed by atoms with E-state index in [-0.39, 0.29) is 27.9 Å². The zero-order valence-corrected chi connectivity index (χ0v) is 20.4. The summed E-state index contributed by atoms with van der Waals surface area (Å²) in [4.78, 5) is 25.5. The first-order valence-electron chi connectivity index (χ1n) is 10.9. The van der Waals surface area contributed by atoms with E-state index < -0.39 is 5.97 Å². The summed E-state index contributed by atoms with van der Waals surface area (Å²) in [6, 6.07) is 15.5. The van der Waals surface area contributed by atoms with Crippen molar-refractivity contribution in [1.29, 1.82) is 0 Å². The van der Waals surface area contributed by atoms with E-state index in [4.69, 9.17) is 25.5 Å². The molecule has 3 aromatic carbocycles. The molecule has 0 radical (unpaired) electrons. The van der Waals surface area contributed by atoms with Crippen LogP contribution in [0.5, 0.6) is 17.2 Å². The molecule has 0 aliphatic heterocycles. The molecule has 0 aliphatic rings. The summed E-state index contributed by atoms with van der Waals surface area (Å²) in [5.41, 5.74) is 3.20. The molecule has 6 heteroatoms. The quantitative estimate of drug-likeness (QED) is 0.227. The lowest BCUT2D eigenvalue weighted by atomic mass is 9.87. The van der Waals surface area contributed by atoms with Gasteiger partial charge in [-0.3, -0.25) is 4.79 Å². The third-order valence-corrected chi connectivity index (χ3v) is 6.15. The summed E-state index contributed by atoms with van der Waals surface area (Å²) in [5.74, 6) is 0.333. The highest BCUT2D eigenvalue weighted by atomic mass is 35.5. The molecular weight excluding hydrogens is 452 g/mol. The van der Waals surface area contributed by atoms with Crippen molar-refractivity contribution in [3.8, 4) is 17.2 Å². The Bertz CT molecular complexity index is 1420. The highest BCUT2D eigenvalue weighted by molar-refractivity contribution is 6.32. The molecule has 0 saturated heterocycles. The molecule has 0 unspecified atom stereocenters. The van der Waals surface area contributed by atoms with Crippen molar-refractivity contribution in [2.24, 2.45) is 0 Å². The van der Waals surface area contributed by atoms with Gasteiger partial charge in [-0.25, -0.2) is 4.79 Å². The number of carbonyl (C=O) groups excluding carboxylic acids is 1. The second-order valence-electron chi connectivity index (χ2n) is 9.28. The molecule has 0 bridgehead atoms. The predicted octanol–water partition coefficient (Wildman–Crippen LogP) is 7.37. The minimum Gasteiger partial charge on any atom is -0.460 e. The van der Waals surface area contributed by atoms with Crippen LogP contribution in [0.25, 0.3) is 11.0 Å². The van der Waals surface area contributed by atoms with Crippen molar-refractivity contribution in [1.82, 2.24) is 0 Å². The van der Waals surface area contributed by atoms with E-state index in [0.717, 1.165) is 16.7 Å². The molecule has 4 rings (SSSR count). The van der Waals surface area contributed by atoms with E-state index in [0.29, 0.717) is 21.7 Å². The summed E-state index contributed by atoms with van der Waals surface area (Å²) >= 11 is 6.21. The van der Waals surface area contributed by atoms with Crippen LogP contribution in [0.4, 0.5) is 0 Å². The van der Waals surface area contributed by atoms with Crippen LogP contribution < -0.4 is 14.9 Å². The van der Waals surface area contributed by atoms with E-state index in [2.05, 4.69) is 20.8 Å². The monoisotopic (exact) mass is 476 g/mol. The third kappa shape index (κ3) is 4.85. The van der Waals surface area contributed by atoms with Crippen LogP contribution in [0.3, 0.4) is 0 Å². The van der Waals surface area contributed by atoms with Crippen LogP contribution in [0.1, 0.15) is 47.8 Å². The standard InChI is InChI=1S/C28H25ClO5/c1-16-12-21(13-17(2)25(16)29)33-24-15-32-23-14-20(10-11-22(23)26(24)30)34-27(31)18-6-8-19(9-7-18)28(3,4)5/h6-15H,1-5H3.